The van der Waals surface area contributed by atoms with Gasteiger partial charge >= 0.3 is 5.97 Å². The number of hydrogen-bond acceptors (Lipinski definition) is 13. The van der Waals surface area contributed by atoms with Crippen molar-refractivity contribution in [3.63, 3.8) is 0 Å². The van der Waals surface area contributed by atoms with Crippen molar-refractivity contribution in [3.05, 3.63) is 0 Å². The second-order valence-corrected chi connectivity index (χ2v) is 18.0. The molecule has 0 bridgehead atoms. The van der Waals surface area contributed by atoms with E-state index in [2.05, 4.69) is 6.92 Å². The van der Waals surface area contributed by atoms with Gasteiger partial charge in [-0.15, -0.1) is 0 Å². The Labute approximate surface area is 314 Å². The van der Waals surface area contributed by atoms with Crippen molar-refractivity contribution in [3.8, 4) is 0 Å². The number of rotatable bonds is 10. The van der Waals surface area contributed by atoms with E-state index in [9.17, 15) is 24.9 Å². The summed E-state index contributed by atoms with van der Waals surface area (Å²) in [6.45, 7) is 13.3. The molecule has 302 valence electrons. The van der Waals surface area contributed by atoms with E-state index in [-0.39, 0.29) is 46.9 Å². The Morgan fingerprint density at radius 1 is 0.868 bits per heavy atom. The molecule has 53 heavy (non-hydrogen) atoms. The average molecular weight is 753 g/mol. The fourth-order valence-corrected chi connectivity index (χ4v) is 12.4. The van der Waals surface area contributed by atoms with Gasteiger partial charge < -0.3 is 53.2 Å². The first kappa shape index (κ1) is 40.0. The lowest BCUT2D eigenvalue weighted by Crippen LogP contribution is -2.70. The molecule has 20 atom stereocenters. The van der Waals surface area contributed by atoms with Crippen LogP contribution in [0.25, 0.3) is 0 Å². The minimum atomic E-state index is -1.20. The lowest BCUT2D eigenvalue weighted by Gasteiger charge is -2.61. The summed E-state index contributed by atoms with van der Waals surface area (Å²) in [5.41, 5.74) is -2.26. The average Bonchev–Trinajstić information content (AvgIpc) is 3.66. The maximum Gasteiger partial charge on any atom is 0.309 e. The molecular weight excluding hydrogens is 688 g/mol. The predicted molar refractivity (Wildman–Crippen MR) is 188 cm³/mol. The lowest BCUT2D eigenvalue weighted by molar-refractivity contribution is -0.343. The Morgan fingerprint density at radius 3 is 2.26 bits per heavy atom. The number of aliphatic hydroxyl groups is 3. The van der Waals surface area contributed by atoms with E-state index in [0.717, 1.165) is 38.5 Å². The summed E-state index contributed by atoms with van der Waals surface area (Å²) in [5, 5.41) is 33.8. The van der Waals surface area contributed by atoms with Crippen LogP contribution >= 0.6 is 0 Å². The summed E-state index contributed by atoms with van der Waals surface area (Å²) in [6, 6.07) is 0. The predicted octanol–water partition coefficient (Wildman–Crippen LogP) is 3.45. The van der Waals surface area contributed by atoms with Gasteiger partial charge in [-0.3, -0.25) is 9.59 Å². The number of methoxy groups -OCH3 is 2. The van der Waals surface area contributed by atoms with Gasteiger partial charge in [0.05, 0.1) is 36.4 Å². The highest BCUT2D eigenvalue weighted by atomic mass is 16.7. The van der Waals surface area contributed by atoms with Gasteiger partial charge in [-0.2, -0.15) is 0 Å². The van der Waals surface area contributed by atoms with Gasteiger partial charge in [-0.05, 0) is 83.5 Å². The van der Waals surface area contributed by atoms with Crippen LogP contribution in [-0.2, 0) is 47.5 Å². The molecular formula is C40H64O13. The third kappa shape index (κ3) is 5.92. The first-order valence-corrected chi connectivity index (χ1v) is 20.2. The first-order chi connectivity index (χ1) is 25.0. The molecule has 7 rings (SSSR count). The van der Waals surface area contributed by atoms with Gasteiger partial charge in [0.1, 0.15) is 47.5 Å². The second-order valence-electron chi connectivity index (χ2n) is 18.0. The number of ether oxygens (including phenoxy) is 8. The van der Waals surface area contributed by atoms with Crippen LogP contribution in [-0.4, -0.2) is 126 Å². The van der Waals surface area contributed by atoms with E-state index >= 15 is 0 Å². The van der Waals surface area contributed by atoms with Gasteiger partial charge in [0.15, 0.2) is 12.6 Å². The highest BCUT2D eigenvalue weighted by Crippen LogP contribution is 2.81. The van der Waals surface area contributed by atoms with Crippen LogP contribution < -0.4 is 0 Å². The standard InChI is InChI=1S/C40H64O13/c1-10-19(2)35(45)52-34-30(44)33-37(6)14-12-24(17-23(37)11-15-39(33)40(53-39)16-13-25(20(3)41)38(34,40)7)50-27-18-26(46-8)31(22(5)48-27)51-36-29(43)32(47-9)28(42)21(4)49-36/h19,21-34,36,42-44H,10-18H2,1-9H3. The molecule has 20 unspecified atom stereocenters. The zero-order valence-corrected chi connectivity index (χ0v) is 33.0. The summed E-state index contributed by atoms with van der Waals surface area (Å²) in [4.78, 5) is 26.5. The van der Waals surface area contributed by atoms with E-state index < -0.39 is 84.1 Å². The van der Waals surface area contributed by atoms with Crippen LogP contribution in [0.15, 0.2) is 0 Å². The number of esters is 1. The largest absolute Gasteiger partial charge is 0.459 e. The molecule has 0 aromatic rings. The number of ketones is 1. The van der Waals surface area contributed by atoms with Crippen LogP contribution in [0.4, 0.5) is 0 Å². The molecule has 3 saturated heterocycles. The van der Waals surface area contributed by atoms with Crippen LogP contribution in [0, 0.1) is 34.5 Å². The van der Waals surface area contributed by atoms with Crippen molar-refractivity contribution >= 4 is 11.8 Å². The first-order valence-electron chi connectivity index (χ1n) is 20.2. The molecule has 0 radical (unpaired) electrons. The van der Waals surface area contributed by atoms with Crippen LogP contribution in [0.1, 0.15) is 106 Å². The van der Waals surface area contributed by atoms with Gasteiger partial charge in [-0.1, -0.05) is 27.7 Å². The van der Waals surface area contributed by atoms with Crippen LogP contribution in [0.2, 0.25) is 0 Å². The van der Waals surface area contributed by atoms with Gasteiger partial charge in [0, 0.05) is 37.9 Å². The summed E-state index contributed by atoms with van der Waals surface area (Å²) in [5.74, 6) is -0.943. The molecule has 2 spiro atoms. The number of carbonyl (C=O) groups is 2. The monoisotopic (exact) mass is 752 g/mol. The molecule has 3 heterocycles. The topological polar surface area (TPSA) is 172 Å². The molecule has 4 aliphatic carbocycles. The Bertz CT molecular complexity index is 1380. The molecule has 0 aromatic carbocycles. The van der Waals surface area contributed by atoms with E-state index in [1.54, 1.807) is 21.0 Å². The summed E-state index contributed by atoms with van der Waals surface area (Å²) in [7, 11) is 3.05. The Hall–Kier alpha value is -1.26. The molecule has 7 fully saturated rings. The maximum atomic E-state index is 13.4. The zero-order chi connectivity index (χ0) is 38.4. The lowest BCUT2D eigenvalue weighted by atomic mass is 9.43. The van der Waals surface area contributed by atoms with Crippen molar-refractivity contribution in [1.82, 2.24) is 0 Å². The fraction of sp³-hybridized carbons (Fsp3) is 0.950. The van der Waals surface area contributed by atoms with Crippen LogP contribution in [0.3, 0.4) is 0 Å². The Balaban J connectivity index is 1.05. The number of epoxide rings is 1. The summed E-state index contributed by atoms with van der Waals surface area (Å²) < 4.78 is 49.7. The number of fused-ring (bicyclic) bond motifs is 2. The van der Waals surface area contributed by atoms with Crippen molar-refractivity contribution in [2.24, 2.45) is 34.5 Å². The van der Waals surface area contributed by atoms with Gasteiger partial charge in [0.2, 0.25) is 0 Å². The zero-order valence-electron chi connectivity index (χ0n) is 33.0. The summed E-state index contributed by atoms with van der Waals surface area (Å²) in [6.07, 6.45) is -2.02. The van der Waals surface area contributed by atoms with E-state index in [1.807, 2.05) is 27.7 Å². The van der Waals surface area contributed by atoms with Crippen molar-refractivity contribution in [1.29, 1.82) is 0 Å². The molecule has 4 saturated carbocycles. The molecule has 3 aliphatic heterocycles. The highest BCUT2D eigenvalue weighted by Gasteiger charge is 2.91. The normalized spacial score (nSPS) is 53.8. The number of Topliss-reactive ketones (excluding diaryl/α,β-unsaturated/α-hetero) is 1. The number of carbonyl (C=O) groups excluding carboxylic acids is 2. The molecule has 13 heteroatoms. The number of hydrogen-bond donors (Lipinski definition) is 3. The third-order valence-electron chi connectivity index (χ3n) is 15.5. The van der Waals surface area contributed by atoms with Crippen molar-refractivity contribution in [2.75, 3.05) is 14.2 Å². The quantitative estimate of drug-likeness (QED) is 0.169. The molecule has 13 nitrogen and oxygen atoms in total. The number of aliphatic hydroxyl groups excluding tert-OH is 3. The smallest absolute Gasteiger partial charge is 0.309 e. The van der Waals surface area contributed by atoms with Gasteiger partial charge in [0.25, 0.3) is 0 Å². The maximum absolute atomic E-state index is 13.4. The molecule has 0 amide bonds. The minimum Gasteiger partial charge on any atom is -0.459 e. The second kappa shape index (κ2) is 14.3. The van der Waals surface area contributed by atoms with E-state index in [1.165, 1.54) is 7.11 Å². The highest BCUT2D eigenvalue weighted by molar-refractivity contribution is 5.81. The summed E-state index contributed by atoms with van der Waals surface area (Å²) >= 11 is 0. The fourth-order valence-electron chi connectivity index (χ4n) is 12.4. The minimum absolute atomic E-state index is 0.0599. The molecule has 0 aromatic heterocycles. The van der Waals surface area contributed by atoms with Gasteiger partial charge in [-0.25, -0.2) is 0 Å². The third-order valence-corrected chi connectivity index (χ3v) is 15.5. The van der Waals surface area contributed by atoms with Crippen LogP contribution in [0.5, 0.6) is 0 Å². The van der Waals surface area contributed by atoms with E-state index in [4.69, 9.17) is 37.9 Å². The van der Waals surface area contributed by atoms with Crippen molar-refractivity contribution in [2.45, 2.75) is 191 Å². The Morgan fingerprint density at radius 2 is 1.60 bits per heavy atom. The molecule has 3 N–H and O–H groups in total. The van der Waals surface area contributed by atoms with Crippen molar-refractivity contribution < 1.29 is 62.8 Å². The SMILES string of the molecule is CCC(C)C(=O)OC1C(O)C2C3(C)CCC(OC4CC(OC)C(OC5OC(C)C(O)C(OC)C5O)C(C)O4)CC3CCC23OC32CCC(C(C)=O)C12C. The van der Waals surface area contributed by atoms with E-state index in [0.29, 0.717) is 19.3 Å². The molecule has 7 aliphatic rings. The Kier molecular flexibility index (Phi) is 10.8.